The Bertz CT molecular complexity index is 896. The van der Waals surface area contributed by atoms with E-state index in [2.05, 4.69) is 19.7 Å². The molecule has 1 aromatic heterocycles. The third-order valence-electron chi connectivity index (χ3n) is 5.19. The van der Waals surface area contributed by atoms with Crippen LogP contribution >= 0.6 is 0 Å². The van der Waals surface area contributed by atoms with Crippen molar-refractivity contribution in [1.29, 1.82) is 0 Å². The topological polar surface area (TPSA) is 68.1 Å². The summed E-state index contributed by atoms with van der Waals surface area (Å²) >= 11 is 0. The molecular weight excluding hydrogens is 362 g/mol. The van der Waals surface area contributed by atoms with Gasteiger partial charge in [0.15, 0.2) is 0 Å². The fourth-order valence-corrected chi connectivity index (χ4v) is 4.57. The van der Waals surface area contributed by atoms with Gasteiger partial charge in [0.1, 0.15) is 11.6 Å². The summed E-state index contributed by atoms with van der Waals surface area (Å²) in [6, 6.07) is 5.72. The molecule has 0 N–H and O–H groups in total. The van der Waals surface area contributed by atoms with Gasteiger partial charge >= 0.3 is 5.76 Å². The van der Waals surface area contributed by atoms with E-state index >= 15 is 0 Å². The van der Waals surface area contributed by atoms with Crippen molar-refractivity contribution in [2.45, 2.75) is 48.8 Å². The second-order valence-corrected chi connectivity index (χ2v) is 8.73. The molecule has 0 amide bonds. The molecule has 26 heavy (non-hydrogen) atoms. The van der Waals surface area contributed by atoms with Crippen LogP contribution in [-0.4, -0.2) is 42.0 Å². The minimum absolute atomic E-state index is 0.271. The summed E-state index contributed by atoms with van der Waals surface area (Å²) in [5, 5.41) is 8.66. The number of nitrogens with zero attached hydrogens (tertiary/aromatic N) is 4. The molecule has 2 aromatic rings. The van der Waals surface area contributed by atoms with Crippen LogP contribution in [0, 0.1) is 0 Å². The van der Waals surface area contributed by atoms with Crippen LogP contribution in [0.5, 0.6) is 0 Å². The van der Waals surface area contributed by atoms with Crippen molar-refractivity contribution in [3.05, 3.63) is 35.9 Å². The first-order chi connectivity index (χ1) is 12.5. The molecule has 2 aliphatic rings. The van der Waals surface area contributed by atoms with Gasteiger partial charge in [0.25, 0.3) is 0 Å². The average molecular weight is 382 g/mol. The highest BCUT2D eigenvalue weighted by Gasteiger charge is 2.29. The number of anilines is 1. The highest BCUT2D eigenvalue weighted by atomic mass is 32.2. The third kappa shape index (κ3) is 2.98. The molecule has 0 spiro atoms. The Morgan fingerprint density at radius 1 is 1.08 bits per heavy atom. The number of benzene rings is 1. The predicted octanol–water partition coefficient (Wildman–Crippen LogP) is 2.60. The molecule has 0 saturated carbocycles. The van der Waals surface area contributed by atoms with Crippen molar-refractivity contribution in [1.82, 2.24) is 14.8 Å². The lowest BCUT2D eigenvalue weighted by molar-refractivity contribution is 0.234. The molecule has 4 rings (SSSR count). The van der Waals surface area contributed by atoms with Gasteiger partial charge in [0.2, 0.25) is 9.84 Å². The fourth-order valence-electron chi connectivity index (χ4n) is 3.85. The normalized spacial score (nSPS) is 20.6. The van der Waals surface area contributed by atoms with Gasteiger partial charge in [-0.25, -0.2) is 8.42 Å². The number of sulfone groups is 1. The monoisotopic (exact) mass is 382 g/mol. The summed E-state index contributed by atoms with van der Waals surface area (Å²) in [6.45, 7) is 2.58. The second-order valence-electron chi connectivity index (χ2n) is 6.81. The lowest BCUT2D eigenvalue weighted by Gasteiger charge is -2.34. The predicted molar refractivity (Wildman–Crippen MR) is 92.2 cm³/mol. The fraction of sp³-hybridized carbons (Fsp3) is 0.529. The summed E-state index contributed by atoms with van der Waals surface area (Å²) in [5.41, 5.74) is 0.837. The SMILES string of the molecule is O=S(=O)(c1ccc(N2CCCC(c3nnc4n3CCC4)C2)cc1)C(F)F. The Morgan fingerprint density at radius 2 is 1.85 bits per heavy atom. The summed E-state index contributed by atoms with van der Waals surface area (Å²) in [6.07, 6.45) is 4.11. The van der Waals surface area contributed by atoms with E-state index in [0.29, 0.717) is 0 Å². The van der Waals surface area contributed by atoms with E-state index in [0.717, 1.165) is 62.7 Å². The minimum Gasteiger partial charge on any atom is -0.371 e. The molecule has 9 heteroatoms. The number of fused-ring (bicyclic) bond motifs is 1. The van der Waals surface area contributed by atoms with Gasteiger partial charge in [-0.3, -0.25) is 0 Å². The van der Waals surface area contributed by atoms with Crippen LogP contribution in [0.2, 0.25) is 0 Å². The first-order valence-electron chi connectivity index (χ1n) is 8.76. The standard InChI is InChI=1S/C17H20F2N4O2S/c18-17(19)26(24,25)14-7-5-13(6-8-14)22-9-1-3-12(11-22)16-21-20-15-4-2-10-23(15)16/h5-8,12,17H,1-4,9-11H2. The maximum absolute atomic E-state index is 12.7. The van der Waals surface area contributed by atoms with Gasteiger partial charge in [-0.15, -0.1) is 10.2 Å². The van der Waals surface area contributed by atoms with Gasteiger partial charge in [0, 0.05) is 37.7 Å². The molecule has 2 aliphatic heterocycles. The van der Waals surface area contributed by atoms with E-state index in [9.17, 15) is 17.2 Å². The van der Waals surface area contributed by atoms with Gasteiger partial charge in [-0.05, 0) is 43.5 Å². The molecule has 3 heterocycles. The van der Waals surface area contributed by atoms with E-state index in [1.807, 2.05) is 0 Å². The molecule has 1 fully saturated rings. The van der Waals surface area contributed by atoms with Crippen molar-refractivity contribution in [2.24, 2.45) is 0 Å². The van der Waals surface area contributed by atoms with E-state index < -0.39 is 15.6 Å². The van der Waals surface area contributed by atoms with Crippen LogP contribution in [0.15, 0.2) is 29.2 Å². The molecular formula is C17H20F2N4O2S. The van der Waals surface area contributed by atoms with Crippen LogP contribution in [-0.2, 0) is 22.8 Å². The summed E-state index contributed by atoms with van der Waals surface area (Å²) < 4.78 is 50.6. The molecule has 1 unspecified atom stereocenters. The number of rotatable bonds is 4. The van der Waals surface area contributed by atoms with Crippen molar-refractivity contribution in [3.8, 4) is 0 Å². The average Bonchev–Trinajstić information content (AvgIpc) is 3.25. The summed E-state index contributed by atoms with van der Waals surface area (Å²) in [4.78, 5) is 1.81. The molecule has 0 aliphatic carbocycles. The van der Waals surface area contributed by atoms with E-state index in [-0.39, 0.29) is 10.8 Å². The first kappa shape index (κ1) is 17.4. The Morgan fingerprint density at radius 3 is 2.58 bits per heavy atom. The number of aromatic nitrogens is 3. The Labute approximate surface area is 150 Å². The highest BCUT2D eigenvalue weighted by molar-refractivity contribution is 7.91. The van der Waals surface area contributed by atoms with Gasteiger partial charge < -0.3 is 9.47 Å². The second kappa shape index (κ2) is 6.61. The Hall–Kier alpha value is -2.03. The highest BCUT2D eigenvalue weighted by Crippen LogP contribution is 2.31. The summed E-state index contributed by atoms with van der Waals surface area (Å²) in [7, 11) is -4.55. The van der Waals surface area contributed by atoms with Gasteiger partial charge in [-0.2, -0.15) is 8.78 Å². The van der Waals surface area contributed by atoms with Crippen LogP contribution < -0.4 is 4.90 Å². The zero-order valence-corrected chi connectivity index (χ0v) is 15.0. The molecule has 1 saturated heterocycles. The number of alkyl halides is 2. The zero-order valence-electron chi connectivity index (χ0n) is 14.2. The van der Waals surface area contributed by atoms with E-state index in [4.69, 9.17) is 0 Å². The van der Waals surface area contributed by atoms with Gasteiger partial charge in [-0.1, -0.05) is 0 Å². The number of halogens is 2. The number of hydrogen-bond donors (Lipinski definition) is 0. The molecule has 140 valence electrons. The first-order valence-corrected chi connectivity index (χ1v) is 10.3. The third-order valence-corrected chi connectivity index (χ3v) is 6.59. The molecule has 1 aromatic carbocycles. The molecule has 0 radical (unpaired) electrons. The largest absolute Gasteiger partial charge is 0.371 e. The molecule has 0 bridgehead atoms. The van der Waals surface area contributed by atoms with Crippen molar-refractivity contribution >= 4 is 15.5 Å². The van der Waals surface area contributed by atoms with Gasteiger partial charge in [0.05, 0.1) is 4.90 Å². The van der Waals surface area contributed by atoms with Crippen LogP contribution in [0.1, 0.15) is 36.8 Å². The van der Waals surface area contributed by atoms with Crippen LogP contribution in [0.25, 0.3) is 0 Å². The van der Waals surface area contributed by atoms with E-state index in [1.165, 1.54) is 12.1 Å². The van der Waals surface area contributed by atoms with Crippen molar-refractivity contribution in [2.75, 3.05) is 18.0 Å². The smallest absolute Gasteiger partial charge is 0.341 e. The maximum Gasteiger partial charge on any atom is 0.341 e. The van der Waals surface area contributed by atoms with E-state index in [1.54, 1.807) is 12.1 Å². The molecule has 1 atom stereocenters. The number of piperidine rings is 1. The van der Waals surface area contributed by atoms with Crippen LogP contribution in [0.3, 0.4) is 0 Å². The Balaban J connectivity index is 1.53. The van der Waals surface area contributed by atoms with Crippen molar-refractivity contribution in [3.63, 3.8) is 0 Å². The Kier molecular flexibility index (Phi) is 4.42. The molecule has 6 nitrogen and oxygen atoms in total. The zero-order chi connectivity index (χ0) is 18.3. The minimum atomic E-state index is -4.55. The lowest BCUT2D eigenvalue weighted by Crippen LogP contribution is -2.35. The number of hydrogen-bond acceptors (Lipinski definition) is 5. The van der Waals surface area contributed by atoms with Crippen LogP contribution in [0.4, 0.5) is 14.5 Å². The maximum atomic E-state index is 12.7. The van der Waals surface area contributed by atoms with Crippen molar-refractivity contribution < 1.29 is 17.2 Å². The lowest BCUT2D eigenvalue weighted by atomic mass is 9.96. The quantitative estimate of drug-likeness (QED) is 0.813. The summed E-state index contributed by atoms with van der Waals surface area (Å²) in [5.74, 6) is -1.05. The number of aryl methyl sites for hydroxylation is 1.